The molecule has 2 aromatic carbocycles. The van der Waals surface area contributed by atoms with E-state index < -0.39 is 0 Å². The average Bonchev–Trinajstić information content (AvgIpc) is 2.68. The van der Waals surface area contributed by atoms with E-state index in [1.807, 2.05) is 0 Å². The molecule has 1 fully saturated rings. The quantitative estimate of drug-likeness (QED) is 0.830. The lowest BCUT2D eigenvalue weighted by molar-refractivity contribution is -0.908. The molecule has 1 heterocycles. The van der Waals surface area contributed by atoms with E-state index in [2.05, 4.69) is 64.5 Å². The maximum Gasteiger partial charge on any atom is 0.101 e. The maximum atomic E-state index is 5.54. The van der Waals surface area contributed by atoms with Crippen LogP contribution in [0, 0.1) is 0 Å². The summed E-state index contributed by atoms with van der Waals surface area (Å²) in [6.45, 7) is 5.36. The van der Waals surface area contributed by atoms with Gasteiger partial charge in [0.1, 0.15) is 13.1 Å². The van der Waals surface area contributed by atoms with Gasteiger partial charge in [0.25, 0.3) is 0 Å². The molecule has 1 N–H and O–H groups in total. The van der Waals surface area contributed by atoms with Gasteiger partial charge < -0.3 is 9.64 Å². The van der Waals surface area contributed by atoms with Crippen LogP contribution >= 0.6 is 15.9 Å². The van der Waals surface area contributed by atoms with Crippen LogP contribution in [0.15, 0.2) is 53.0 Å². The predicted octanol–water partition coefficient (Wildman–Crippen LogP) is 3.38. The average molecular weight is 401 g/mol. The van der Waals surface area contributed by atoms with Crippen LogP contribution in [0.3, 0.4) is 0 Å². The first-order chi connectivity index (χ1) is 12.3. The van der Waals surface area contributed by atoms with Crippen molar-refractivity contribution in [3.8, 4) is 0 Å². The van der Waals surface area contributed by atoms with Gasteiger partial charge in [-0.3, -0.25) is 0 Å². The summed E-state index contributed by atoms with van der Waals surface area (Å²) in [5.41, 5.74) is 4.77. The van der Waals surface area contributed by atoms with Crippen molar-refractivity contribution in [2.45, 2.75) is 31.1 Å². The van der Waals surface area contributed by atoms with Gasteiger partial charge in [0.2, 0.25) is 0 Å². The molecule has 0 saturated carbocycles. The Morgan fingerprint density at radius 1 is 1.00 bits per heavy atom. The minimum absolute atomic E-state index is 0.168. The molecule has 25 heavy (non-hydrogen) atoms. The minimum atomic E-state index is 0.168. The van der Waals surface area contributed by atoms with Gasteiger partial charge in [0, 0.05) is 16.3 Å². The van der Waals surface area contributed by atoms with Crippen LogP contribution in [0.4, 0.5) is 0 Å². The number of ether oxygens (including phenoxy) is 1. The van der Waals surface area contributed by atoms with Gasteiger partial charge in [0.05, 0.1) is 19.8 Å². The fourth-order valence-corrected chi connectivity index (χ4v) is 4.96. The molecule has 4 rings (SSSR count). The summed E-state index contributed by atoms with van der Waals surface area (Å²) < 4.78 is 6.71. The first-order valence-electron chi connectivity index (χ1n) is 9.54. The Bertz CT molecular complexity index is 708. The first-order valence-corrected chi connectivity index (χ1v) is 10.3. The monoisotopic (exact) mass is 400 g/mol. The predicted molar refractivity (Wildman–Crippen MR) is 105 cm³/mol. The maximum absolute atomic E-state index is 5.54. The molecular formula is C22H27BrNO+. The lowest BCUT2D eigenvalue weighted by Crippen LogP contribution is -3.14. The zero-order valence-electron chi connectivity index (χ0n) is 14.8. The van der Waals surface area contributed by atoms with Crippen LogP contribution in [0.5, 0.6) is 0 Å². The molecule has 3 heteroatoms. The molecule has 0 aromatic heterocycles. The third-order valence-electron chi connectivity index (χ3n) is 6.08. The summed E-state index contributed by atoms with van der Waals surface area (Å²) in [6.07, 6.45) is 4.99. The largest absolute Gasteiger partial charge is 0.370 e. The summed E-state index contributed by atoms with van der Waals surface area (Å²) in [7, 11) is 0. The van der Waals surface area contributed by atoms with Gasteiger partial charge >= 0.3 is 0 Å². The molecular weight excluding hydrogens is 374 g/mol. The third-order valence-corrected chi connectivity index (χ3v) is 6.61. The number of hydrogen-bond acceptors (Lipinski definition) is 1. The van der Waals surface area contributed by atoms with E-state index >= 15 is 0 Å². The summed E-state index contributed by atoms with van der Waals surface area (Å²) in [6, 6.07) is 18.2. The highest BCUT2D eigenvalue weighted by atomic mass is 79.9. The van der Waals surface area contributed by atoms with Crippen molar-refractivity contribution in [2.24, 2.45) is 0 Å². The second kappa shape index (κ2) is 7.61. The van der Waals surface area contributed by atoms with Crippen molar-refractivity contribution in [3.05, 3.63) is 69.7 Å². The van der Waals surface area contributed by atoms with Crippen LogP contribution in [0.1, 0.15) is 36.0 Å². The Kier molecular flexibility index (Phi) is 5.25. The van der Waals surface area contributed by atoms with E-state index in [9.17, 15) is 0 Å². The highest BCUT2D eigenvalue weighted by molar-refractivity contribution is 9.10. The van der Waals surface area contributed by atoms with E-state index in [0.29, 0.717) is 0 Å². The van der Waals surface area contributed by atoms with E-state index in [4.69, 9.17) is 4.74 Å². The number of fused-ring (bicyclic) bond motifs is 1. The van der Waals surface area contributed by atoms with Crippen LogP contribution in [0.2, 0.25) is 0 Å². The van der Waals surface area contributed by atoms with E-state index in [1.54, 1.807) is 16.0 Å². The van der Waals surface area contributed by atoms with Crippen molar-refractivity contribution in [3.63, 3.8) is 0 Å². The molecule has 2 aromatic rings. The fourth-order valence-electron chi connectivity index (χ4n) is 4.69. The highest BCUT2D eigenvalue weighted by Gasteiger charge is 2.39. The lowest BCUT2D eigenvalue weighted by atomic mass is 9.64. The van der Waals surface area contributed by atoms with Crippen LogP contribution < -0.4 is 4.90 Å². The summed E-state index contributed by atoms with van der Waals surface area (Å²) in [5, 5.41) is 0. The number of aryl methyl sites for hydroxylation is 1. The second-order valence-corrected chi connectivity index (χ2v) is 8.38. The zero-order valence-corrected chi connectivity index (χ0v) is 16.4. The number of rotatable bonds is 4. The molecule has 2 nitrogen and oxygen atoms in total. The summed E-state index contributed by atoms with van der Waals surface area (Å²) >= 11 is 3.60. The van der Waals surface area contributed by atoms with E-state index in [0.717, 1.165) is 30.8 Å². The molecule has 132 valence electrons. The normalized spacial score (nSPS) is 24.0. The van der Waals surface area contributed by atoms with Crippen LogP contribution in [0.25, 0.3) is 0 Å². The first kappa shape index (κ1) is 17.3. The Labute approximate surface area is 159 Å². The highest BCUT2D eigenvalue weighted by Crippen LogP contribution is 2.45. The molecule has 1 aliphatic carbocycles. The molecule has 1 unspecified atom stereocenters. The van der Waals surface area contributed by atoms with Gasteiger partial charge in [-0.1, -0.05) is 52.3 Å². The van der Waals surface area contributed by atoms with Crippen molar-refractivity contribution >= 4 is 15.9 Å². The molecule has 0 bridgehead atoms. The van der Waals surface area contributed by atoms with Gasteiger partial charge in [-0.25, -0.2) is 0 Å². The number of quaternary nitrogens is 1. The standard InChI is InChI=1S/C22H26BrNO/c23-20-9-7-19(8-10-20)22(12-13-24-14-16-25-17-15-24)11-3-5-18-4-1-2-6-21(18)22/h1-2,4,6-10H,3,5,11-17H2/p+1. The number of halogens is 1. The van der Waals surface area contributed by atoms with Gasteiger partial charge in [-0.15, -0.1) is 0 Å². The zero-order chi connectivity index (χ0) is 17.1. The summed E-state index contributed by atoms with van der Waals surface area (Å²) in [4.78, 5) is 1.70. The number of hydrogen-bond donors (Lipinski definition) is 1. The molecule has 1 saturated heterocycles. The van der Waals surface area contributed by atoms with Crippen molar-refractivity contribution in [1.29, 1.82) is 0 Å². The second-order valence-electron chi connectivity index (χ2n) is 7.46. The molecule has 0 amide bonds. The molecule has 1 aliphatic heterocycles. The Hall–Kier alpha value is -1.16. The Morgan fingerprint density at radius 3 is 2.56 bits per heavy atom. The van der Waals surface area contributed by atoms with Crippen molar-refractivity contribution in [2.75, 3.05) is 32.8 Å². The van der Waals surface area contributed by atoms with Crippen LogP contribution in [-0.4, -0.2) is 32.8 Å². The van der Waals surface area contributed by atoms with Crippen LogP contribution in [-0.2, 0) is 16.6 Å². The molecule has 0 radical (unpaired) electrons. The molecule has 2 aliphatic rings. The van der Waals surface area contributed by atoms with Gasteiger partial charge in [-0.2, -0.15) is 0 Å². The number of morpholine rings is 1. The Morgan fingerprint density at radius 2 is 1.76 bits per heavy atom. The topological polar surface area (TPSA) is 13.7 Å². The smallest absolute Gasteiger partial charge is 0.101 e. The molecule has 0 spiro atoms. The minimum Gasteiger partial charge on any atom is -0.370 e. The van der Waals surface area contributed by atoms with Crippen molar-refractivity contribution in [1.82, 2.24) is 0 Å². The molecule has 1 atom stereocenters. The van der Waals surface area contributed by atoms with Crippen molar-refractivity contribution < 1.29 is 9.64 Å². The summed E-state index contributed by atoms with van der Waals surface area (Å²) in [5.74, 6) is 0. The number of benzene rings is 2. The fraction of sp³-hybridized carbons (Fsp3) is 0.455. The lowest BCUT2D eigenvalue weighted by Gasteiger charge is -2.41. The Balaban J connectivity index is 1.70. The SMILES string of the molecule is Brc1ccc(C2(CC[NH+]3CCOCC3)CCCc3ccccc32)cc1. The van der Waals surface area contributed by atoms with E-state index in [-0.39, 0.29) is 5.41 Å². The number of nitrogens with one attached hydrogen (secondary N) is 1. The third kappa shape index (κ3) is 3.55. The van der Waals surface area contributed by atoms with Gasteiger partial charge in [0.15, 0.2) is 0 Å². The van der Waals surface area contributed by atoms with E-state index in [1.165, 1.54) is 37.8 Å². The van der Waals surface area contributed by atoms with Gasteiger partial charge in [-0.05, 0) is 48.1 Å².